The van der Waals surface area contributed by atoms with E-state index in [1.54, 1.807) is 20.9 Å². The first kappa shape index (κ1) is 15.7. The molecule has 0 bridgehead atoms. The summed E-state index contributed by atoms with van der Waals surface area (Å²) in [5.41, 5.74) is -0.544. The fraction of sp³-hybridized carbons (Fsp3) is 0.538. The molecule has 1 fully saturated rings. The van der Waals surface area contributed by atoms with Gasteiger partial charge in [0.25, 0.3) is 5.69 Å². The third-order valence-electron chi connectivity index (χ3n) is 3.73. The van der Waals surface area contributed by atoms with Gasteiger partial charge >= 0.3 is 0 Å². The van der Waals surface area contributed by atoms with Gasteiger partial charge in [-0.15, -0.1) is 0 Å². The molecule has 21 heavy (non-hydrogen) atoms. The molecular weight excluding hydrogens is 294 g/mol. The second kappa shape index (κ2) is 5.27. The zero-order valence-electron chi connectivity index (χ0n) is 12.2. The fourth-order valence-corrected chi connectivity index (χ4v) is 3.96. The minimum Gasteiger partial charge on any atom is -0.388 e. The Kier molecular flexibility index (Phi) is 3.94. The molecule has 7 nitrogen and oxygen atoms in total. The summed E-state index contributed by atoms with van der Waals surface area (Å²) in [6.07, 6.45) is 1.94. The monoisotopic (exact) mass is 313 g/mol. The van der Waals surface area contributed by atoms with Crippen molar-refractivity contribution in [1.29, 1.82) is 0 Å². The second-order valence-electron chi connectivity index (χ2n) is 5.79. The van der Waals surface area contributed by atoms with Crippen LogP contribution in [-0.4, -0.2) is 25.9 Å². The number of nitrogens with one attached hydrogen (secondary N) is 2. The Bertz CT molecular complexity index is 666. The highest BCUT2D eigenvalue weighted by atomic mass is 32.2. The summed E-state index contributed by atoms with van der Waals surface area (Å²) in [5, 5.41) is 13.9. The number of anilines is 1. The maximum absolute atomic E-state index is 12.5. The Balaban J connectivity index is 2.41. The summed E-state index contributed by atoms with van der Waals surface area (Å²) in [5.74, 6) is 0.280. The molecule has 0 atom stereocenters. The smallest absolute Gasteiger partial charge is 0.291 e. The van der Waals surface area contributed by atoms with E-state index in [2.05, 4.69) is 10.0 Å². The van der Waals surface area contributed by atoms with Crippen LogP contribution in [0.2, 0.25) is 0 Å². The topological polar surface area (TPSA) is 101 Å². The van der Waals surface area contributed by atoms with E-state index in [4.69, 9.17) is 0 Å². The van der Waals surface area contributed by atoms with Gasteiger partial charge in [0.15, 0.2) is 4.90 Å². The maximum atomic E-state index is 12.5. The van der Waals surface area contributed by atoms with Crippen molar-refractivity contribution in [2.45, 2.75) is 37.1 Å². The fourth-order valence-electron chi connectivity index (χ4n) is 2.33. The molecule has 2 rings (SSSR count). The summed E-state index contributed by atoms with van der Waals surface area (Å²) in [4.78, 5) is 10.1. The van der Waals surface area contributed by atoms with E-state index >= 15 is 0 Å². The third kappa shape index (κ3) is 3.33. The van der Waals surface area contributed by atoms with Gasteiger partial charge in [-0.3, -0.25) is 10.1 Å². The number of nitro groups is 1. The van der Waals surface area contributed by atoms with Crippen LogP contribution in [0.5, 0.6) is 0 Å². The number of nitro benzene ring substituents is 1. The van der Waals surface area contributed by atoms with Gasteiger partial charge in [-0.2, -0.15) is 0 Å². The van der Waals surface area contributed by atoms with Crippen molar-refractivity contribution in [2.24, 2.45) is 5.92 Å². The molecule has 1 aliphatic carbocycles. The zero-order valence-corrected chi connectivity index (χ0v) is 13.0. The predicted octanol–water partition coefficient (Wildman–Crippen LogP) is 2.10. The lowest BCUT2D eigenvalue weighted by atomic mass is 10.0. The van der Waals surface area contributed by atoms with E-state index in [0.717, 1.165) is 12.8 Å². The average Bonchev–Trinajstić information content (AvgIpc) is 3.21. The molecule has 0 spiro atoms. The molecule has 8 heteroatoms. The van der Waals surface area contributed by atoms with Crippen molar-refractivity contribution in [3.63, 3.8) is 0 Å². The number of hydrogen-bond donors (Lipinski definition) is 2. The summed E-state index contributed by atoms with van der Waals surface area (Å²) < 4.78 is 27.5. The van der Waals surface area contributed by atoms with Crippen LogP contribution in [0.25, 0.3) is 0 Å². The zero-order chi connectivity index (χ0) is 15.8. The third-order valence-corrected chi connectivity index (χ3v) is 5.45. The Morgan fingerprint density at radius 3 is 2.43 bits per heavy atom. The predicted molar refractivity (Wildman–Crippen MR) is 79.8 cm³/mol. The molecule has 116 valence electrons. The van der Waals surface area contributed by atoms with Gasteiger partial charge in [-0.1, -0.05) is 0 Å². The van der Waals surface area contributed by atoms with Crippen molar-refractivity contribution >= 4 is 21.4 Å². The van der Waals surface area contributed by atoms with Crippen LogP contribution in [0.15, 0.2) is 23.1 Å². The molecule has 0 saturated heterocycles. The van der Waals surface area contributed by atoms with Gasteiger partial charge < -0.3 is 5.32 Å². The van der Waals surface area contributed by atoms with Gasteiger partial charge in [0.2, 0.25) is 10.0 Å². The largest absolute Gasteiger partial charge is 0.388 e. The lowest BCUT2D eigenvalue weighted by Crippen LogP contribution is -2.45. The number of benzene rings is 1. The molecule has 2 N–H and O–H groups in total. The lowest BCUT2D eigenvalue weighted by molar-refractivity contribution is -0.387. The van der Waals surface area contributed by atoms with Gasteiger partial charge in [-0.05, 0) is 44.7 Å². The van der Waals surface area contributed by atoms with Gasteiger partial charge in [0.05, 0.1) is 4.92 Å². The molecule has 1 aromatic rings. The highest BCUT2D eigenvalue weighted by molar-refractivity contribution is 7.89. The molecule has 0 heterocycles. The van der Waals surface area contributed by atoms with Crippen LogP contribution in [0.3, 0.4) is 0 Å². The summed E-state index contributed by atoms with van der Waals surface area (Å²) in [7, 11) is -2.33. The van der Waals surface area contributed by atoms with Crippen LogP contribution in [0, 0.1) is 16.0 Å². The summed E-state index contributed by atoms with van der Waals surface area (Å²) in [6.45, 7) is 3.60. The molecule has 1 aliphatic rings. The first-order valence-corrected chi connectivity index (χ1v) is 8.16. The minimum absolute atomic E-state index is 0.280. The number of rotatable bonds is 6. The molecule has 1 saturated carbocycles. The molecule has 0 radical (unpaired) electrons. The van der Waals surface area contributed by atoms with Crippen LogP contribution < -0.4 is 10.0 Å². The number of nitrogens with zero attached hydrogens (tertiary/aromatic N) is 1. The van der Waals surface area contributed by atoms with Crippen molar-refractivity contribution < 1.29 is 13.3 Å². The second-order valence-corrected chi connectivity index (χ2v) is 7.44. The molecule has 0 aromatic heterocycles. The summed E-state index contributed by atoms with van der Waals surface area (Å²) in [6, 6.07) is 3.99. The molecule has 1 aromatic carbocycles. The minimum atomic E-state index is -3.94. The van der Waals surface area contributed by atoms with Gasteiger partial charge in [-0.25, -0.2) is 13.1 Å². The van der Waals surface area contributed by atoms with E-state index < -0.39 is 26.2 Å². The van der Waals surface area contributed by atoms with E-state index in [9.17, 15) is 18.5 Å². The Hall–Kier alpha value is -1.67. The van der Waals surface area contributed by atoms with Crippen LogP contribution >= 0.6 is 0 Å². The van der Waals surface area contributed by atoms with E-state index in [0.29, 0.717) is 5.69 Å². The Morgan fingerprint density at radius 1 is 1.33 bits per heavy atom. The first-order chi connectivity index (χ1) is 9.67. The van der Waals surface area contributed by atoms with Crippen molar-refractivity contribution in [1.82, 2.24) is 4.72 Å². The highest BCUT2D eigenvalue weighted by Gasteiger charge is 2.41. The quantitative estimate of drug-likeness (QED) is 0.618. The van der Waals surface area contributed by atoms with Crippen molar-refractivity contribution in [2.75, 3.05) is 12.4 Å². The van der Waals surface area contributed by atoms with E-state index in [1.165, 1.54) is 18.2 Å². The van der Waals surface area contributed by atoms with E-state index in [1.807, 2.05) is 0 Å². The first-order valence-electron chi connectivity index (χ1n) is 6.67. The Morgan fingerprint density at radius 2 is 1.95 bits per heavy atom. The maximum Gasteiger partial charge on any atom is 0.291 e. The van der Waals surface area contributed by atoms with Crippen LogP contribution in [0.4, 0.5) is 11.4 Å². The number of hydrogen-bond acceptors (Lipinski definition) is 5. The normalized spacial score (nSPS) is 15.8. The standard InChI is InChI=1S/C13H19N3O4S/c1-13(2,9-4-5-9)15-21(19,20)12-7-6-10(14-3)8-11(12)16(17)18/h6-9,14-15H,4-5H2,1-3H3. The molecular formula is C13H19N3O4S. The van der Waals surface area contributed by atoms with Crippen molar-refractivity contribution in [3.05, 3.63) is 28.3 Å². The van der Waals surface area contributed by atoms with E-state index in [-0.39, 0.29) is 10.8 Å². The van der Waals surface area contributed by atoms with Crippen LogP contribution in [0.1, 0.15) is 26.7 Å². The Labute approximate surface area is 123 Å². The van der Waals surface area contributed by atoms with Gasteiger partial charge in [0, 0.05) is 24.3 Å². The SMILES string of the molecule is CNc1ccc(S(=O)(=O)NC(C)(C)C2CC2)c([N+](=O)[O-])c1. The van der Waals surface area contributed by atoms with Gasteiger partial charge in [0.1, 0.15) is 0 Å². The number of sulfonamides is 1. The molecule has 0 amide bonds. The van der Waals surface area contributed by atoms with Crippen molar-refractivity contribution in [3.8, 4) is 0 Å². The lowest BCUT2D eigenvalue weighted by Gasteiger charge is -2.25. The molecule has 0 unspecified atom stereocenters. The highest BCUT2D eigenvalue weighted by Crippen LogP contribution is 2.40. The summed E-state index contributed by atoms with van der Waals surface area (Å²) >= 11 is 0. The molecule has 0 aliphatic heterocycles. The van der Waals surface area contributed by atoms with Crippen LogP contribution in [-0.2, 0) is 10.0 Å². The average molecular weight is 313 g/mol.